The third-order valence-electron chi connectivity index (χ3n) is 2.62. The predicted octanol–water partition coefficient (Wildman–Crippen LogP) is 0.585. The maximum absolute atomic E-state index is 11.7. The van der Waals surface area contributed by atoms with Gasteiger partial charge < -0.3 is 15.3 Å². The van der Waals surface area contributed by atoms with Crippen molar-refractivity contribution in [1.29, 1.82) is 0 Å². The Balaban J connectivity index is 2.57. The lowest BCUT2D eigenvalue weighted by Crippen LogP contribution is -2.46. The fraction of sp³-hybridized carbons (Fsp3) is 0.500. The van der Waals surface area contributed by atoms with Crippen molar-refractivity contribution in [1.82, 2.24) is 20.4 Å². The normalized spacial score (nSPS) is 13.8. The second kappa shape index (κ2) is 5.33. The number of aromatic amines is 1. The number of hydrogen-bond acceptors (Lipinski definition) is 3. The summed E-state index contributed by atoms with van der Waals surface area (Å²) in [7, 11) is 1.44. The van der Waals surface area contributed by atoms with Crippen molar-refractivity contribution in [2.45, 2.75) is 25.9 Å². The van der Waals surface area contributed by atoms with Gasteiger partial charge in [-0.25, -0.2) is 9.59 Å². The maximum atomic E-state index is 11.7. The van der Waals surface area contributed by atoms with Crippen LogP contribution >= 0.6 is 0 Å². The van der Waals surface area contributed by atoms with E-state index >= 15 is 0 Å². The molecule has 17 heavy (non-hydrogen) atoms. The number of H-pyrrole nitrogens is 1. The summed E-state index contributed by atoms with van der Waals surface area (Å²) in [6.45, 7) is 3.24. The van der Waals surface area contributed by atoms with Gasteiger partial charge in [0, 0.05) is 18.8 Å². The molecule has 0 aliphatic heterocycles. The van der Waals surface area contributed by atoms with Crippen molar-refractivity contribution >= 4 is 12.0 Å². The molecule has 3 N–H and O–H groups in total. The molecule has 1 heterocycles. The number of carbonyl (C=O) groups excluding carboxylic acids is 1. The summed E-state index contributed by atoms with van der Waals surface area (Å²) in [4.78, 5) is 23.6. The number of nitrogens with one attached hydrogen (secondary N) is 2. The van der Waals surface area contributed by atoms with E-state index in [1.807, 2.05) is 0 Å². The summed E-state index contributed by atoms with van der Waals surface area (Å²) in [5, 5.41) is 17.9. The van der Waals surface area contributed by atoms with E-state index in [2.05, 4.69) is 15.5 Å². The van der Waals surface area contributed by atoms with E-state index in [4.69, 9.17) is 5.11 Å². The van der Waals surface area contributed by atoms with Crippen LogP contribution in [0.4, 0.5) is 4.79 Å². The Morgan fingerprint density at radius 3 is 2.65 bits per heavy atom. The Morgan fingerprint density at radius 1 is 1.53 bits per heavy atom. The Hall–Kier alpha value is -2.05. The van der Waals surface area contributed by atoms with Gasteiger partial charge in [-0.05, 0) is 13.8 Å². The van der Waals surface area contributed by atoms with Gasteiger partial charge in [0.15, 0.2) is 0 Å². The Bertz CT molecular complexity index is 390. The number of carboxylic acids is 1. The molecule has 0 bridgehead atoms. The van der Waals surface area contributed by atoms with Crippen LogP contribution in [0.1, 0.15) is 25.5 Å². The Kier molecular flexibility index (Phi) is 4.08. The van der Waals surface area contributed by atoms with Crippen LogP contribution in [0, 0.1) is 0 Å². The number of carboxylic acid groups (broad SMARTS) is 1. The average Bonchev–Trinajstić information content (AvgIpc) is 2.80. The minimum atomic E-state index is -1.04. The van der Waals surface area contributed by atoms with Crippen LogP contribution in [0.3, 0.4) is 0 Å². The lowest BCUT2D eigenvalue weighted by atomic mass is 10.2. The van der Waals surface area contributed by atoms with Gasteiger partial charge in [0.2, 0.25) is 0 Å². The molecule has 2 unspecified atom stereocenters. The highest BCUT2D eigenvalue weighted by Gasteiger charge is 2.22. The second-order valence-electron chi connectivity index (χ2n) is 3.83. The molecule has 1 rings (SSSR count). The van der Waals surface area contributed by atoms with Gasteiger partial charge in [0.25, 0.3) is 0 Å². The first kappa shape index (κ1) is 13.0. The minimum absolute atomic E-state index is 0.232. The molecule has 0 aliphatic rings. The molecule has 0 spiro atoms. The fourth-order valence-electron chi connectivity index (χ4n) is 1.21. The molecule has 0 saturated carbocycles. The van der Waals surface area contributed by atoms with Crippen LogP contribution in [0.25, 0.3) is 0 Å². The fourth-order valence-corrected chi connectivity index (χ4v) is 1.21. The van der Waals surface area contributed by atoms with Gasteiger partial charge in [-0.15, -0.1) is 0 Å². The molecule has 0 saturated heterocycles. The third-order valence-corrected chi connectivity index (χ3v) is 2.62. The number of aromatic nitrogens is 2. The van der Waals surface area contributed by atoms with Crippen LogP contribution in [-0.4, -0.2) is 45.3 Å². The molecule has 7 heteroatoms. The number of nitrogens with zero attached hydrogens (tertiary/aromatic N) is 2. The first-order valence-electron chi connectivity index (χ1n) is 5.18. The van der Waals surface area contributed by atoms with E-state index in [-0.39, 0.29) is 6.04 Å². The highest BCUT2D eigenvalue weighted by atomic mass is 16.4. The number of rotatable bonds is 4. The molecule has 1 aromatic rings. The van der Waals surface area contributed by atoms with Crippen molar-refractivity contribution in [2.24, 2.45) is 0 Å². The summed E-state index contributed by atoms with van der Waals surface area (Å²) in [6, 6.07) is -1.54. The zero-order valence-corrected chi connectivity index (χ0v) is 9.97. The third kappa shape index (κ3) is 3.20. The lowest BCUT2D eigenvalue weighted by molar-refractivity contribution is -0.141. The van der Waals surface area contributed by atoms with Gasteiger partial charge >= 0.3 is 12.0 Å². The summed E-state index contributed by atoms with van der Waals surface area (Å²) in [5.74, 6) is -1.04. The van der Waals surface area contributed by atoms with E-state index in [1.165, 1.54) is 14.0 Å². The maximum Gasteiger partial charge on any atom is 0.326 e. The zero-order valence-electron chi connectivity index (χ0n) is 9.97. The van der Waals surface area contributed by atoms with Gasteiger partial charge in [-0.2, -0.15) is 5.10 Å². The average molecular weight is 240 g/mol. The molecule has 0 aromatic carbocycles. The minimum Gasteiger partial charge on any atom is -0.480 e. The summed E-state index contributed by atoms with van der Waals surface area (Å²) < 4.78 is 0. The number of urea groups is 1. The van der Waals surface area contributed by atoms with Crippen molar-refractivity contribution in [3.63, 3.8) is 0 Å². The van der Waals surface area contributed by atoms with Gasteiger partial charge in [-0.3, -0.25) is 5.10 Å². The Morgan fingerprint density at radius 2 is 2.18 bits per heavy atom. The number of aliphatic carboxylic acids is 1. The monoisotopic (exact) mass is 240 g/mol. The van der Waals surface area contributed by atoms with Gasteiger partial charge in [0.05, 0.1) is 12.2 Å². The second-order valence-corrected chi connectivity index (χ2v) is 3.83. The van der Waals surface area contributed by atoms with Gasteiger partial charge in [-0.1, -0.05) is 0 Å². The molecule has 0 aliphatic carbocycles. The number of amides is 2. The van der Waals surface area contributed by atoms with E-state index in [0.29, 0.717) is 0 Å². The first-order valence-corrected chi connectivity index (χ1v) is 5.18. The molecule has 2 amide bonds. The van der Waals surface area contributed by atoms with Crippen molar-refractivity contribution in [3.05, 3.63) is 18.0 Å². The summed E-state index contributed by atoms with van der Waals surface area (Å²) in [6.07, 6.45) is 3.27. The molecule has 2 atom stereocenters. The topological polar surface area (TPSA) is 98.3 Å². The largest absolute Gasteiger partial charge is 0.480 e. The molecular weight excluding hydrogens is 224 g/mol. The van der Waals surface area contributed by atoms with Crippen molar-refractivity contribution in [3.8, 4) is 0 Å². The van der Waals surface area contributed by atoms with E-state index in [1.54, 1.807) is 19.3 Å². The smallest absolute Gasteiger partial charge is 0.326 e. The van der Waals surface area contributed by atoms with Crippen LogP contribution in [0.15, 0.2) is 12.4 Å². The quantitative estimate of drug-likeness (QED) is 0.717. The zero-order chi connectivity index (χ0) is 13.0. The number of hydrogen-bond donors (Lipinski definition) is 3. The standard InChI is InChI=1S/C10H16N4O3/c1-6(8-4-11-12-5-8)13-10(17)14(3)7(2)9(15)16/h4-7H,1-3H3,(H,11,12)(H,13,17)(H,15,16). The molecule has 0 fully saturated rings. The molecule has 7 nitrogen and oxygen atoms in total. The van der Waals surface area contributed by atoms with E-state index < -0.39 is 18.0 Å². The highest BCUT2D eigenvalue weighted by molar-refractivity contribution is 5.82. The predicted molar refractivity (Wildman–Crippen MR) is 60.4 cm³/mol. The van der Waals surface area contributed by atoms with Crippen molar-refractivity contribution < 1.29 is 14.7 Å². The molecular formula is C10H16N4O3. The number of carbonyl (C=O) groups is 2. The van der Waals surface area contributed by atoms with Gasteiger partial charge in [0.1, 0.15) is 6.04 Å². The van der Waals surface area contributed by atoms with Crippen LogP contribution < -0.4 is 5.32 Å². The number of likely N-dealkylation sites (N-methyl/N-ethyl adjacent to an activating group) is 1. The SMILES string of the molecule is CC(NC(=O)N(C)C(C)C(=O)O)c1cn[nH]c1. The molecule has 1 aromatic heterocycles. The van der Waals surface area contributed by atoms with Crippen molar-refractivity contribution in [2.75, 3.05) is 7.05 Å². The highest BCUT2D eigenvalue weighted by Crippen LogP contribution is 2.09. The summed E-state index contributed by atoms with van der Waals surface area (Å²) in [5.41, 5.74) is 0.828. The van der Waals surface area contributed by atoms with E-state index in [0.717, 1.165) is 10.5 Å². The molecule has 0 radical (unpaired) electrons. The summed E-state index contributed by atoms with van der Waals surface area (Å²) >= 11 is 0. The first-order chi connectivity index (χ1) is 7.93. The van der Waals surface area contributed by atoms with E-state index in [9.17, 15) is 9.59 Å². The Labute approximate surface area is 98.8 Å². The molecule has 94 valence electrons. The van der Waals surface area contributed by atoms with Crippen LogP contribution in [0.5, 0.6) is 0 Å². The lowest BCUT2D eigenvalue weighted by Gasteiger charge is -2.23. The van der Waals surface area contributed by atoms with Crippen LogP contribution in [-0.2, 0) is 4.79 Å². The van der Waals surface area contributed by atoms with Crippen LogP contribution in [0.2, 0.25) is 0 Å².